The lowest BCUT2D eigenvalue weighted by Crippen LogP contribution is -2.09. The number of carboxylic acids is 1. The zero-order valence-corrected chi connectivity index (χ0v) is 7.42. The van der Waals surface area contributed by atoms with Crippen molar-refractivity contribution in [3.05, 3.63) is 23.7 Å². The molecule has 0 atom stereocenters. The highest BCUT2D eigenvalue weighted by atomic mass is 16.4. The molecule has 0 saturated heterocycles. The number of carbonyl (C=O) groups is 1. The van der Waals surface area contributed by atoms with Crippen LogP contribution in [0.5, 0.6) is 0 Å². The van der Waals surface area contributed by atoms with Crippen molar-refractivity contribution in [3.8, 4) is 0 Å². The first kappa shape index (κ1) is 8.84. The van der Waals surface area contributed by atoms with E-state index in [2.05, 4.69) is 0 Å². The average molecular weight is 168 g/mol. The van der Waals surface area contributed by atoms with Crippen molar-refractivity contribution in [1.82, 2.24) is 0 Å². The lowest BCUT2D eigenvalue weighted by Gasteiger charge is -2.13. The summed E-state index contributed by atoms with van der Waals surface area (Å²) in [5.41, 5.74) is -0.131. The van der Waals surface area contributed by atoms with Crippen LogP contribution in [0.2, 0.25) is 0 Å². The summed E-state index contributed by atoms with van der Waals surface area (Å²) in [5, 5.41) is 8.57. The van der Waals surface area contributed by atoms with Crippen molar-refractivity contribution in [2.45, 2.75) is 26.2 Å². The van der Waals surface area contributed by atoms with E-state index in [0.29, 0.717) is 5.76 Å². The third-order valence-corrected chi connectivity index (χ3v) is 1.56. The van der Waals surface area contributed by atoms with E-state index in [0.717, 1.165) is 0 Å². The number of carboxylic acid groups (broad SMARTS) is 1. The molecule has 66 valence electrons. The molecule has 0 bridgehead atoms. The smallest absolute Gasteiger partial charge is 0.371 e. The van der Waals surface area contributed by atoms with Gasteiger partial charge in [0.15, 0.2) is 0 Å². The minimum absolute atomic E-state index is 0.0000694. The summed E-state index contributed by atoms with van der Waals surface area (Å²) in [7, 11) is 0. The van der Waals surface area contributed by atoms with Gasteiger partial charge in [-0.3, -0.25) is 0 Å². The average Bonchev–Trinajstić information content (AvgIpc) is 2.30. The molecule has 0 radical (unpaired) electrons. The third kappa shape index (κ3) is 1.67. The topological polar surface area (TPSA) is 50.4 Å². The van der Waals surface area contributed by atoms with Crippen LogP contribution in [0.15, 0.2) is 16.5 Å². The third-order valence-electron chi connectivity index (χ3n) is 1.56. The van der Waals surface area contributed by atoms with Crippen molar-refractivity contribution in [2.24, 2.45) is 0 Å². The van der Waals surface area contributed by atoms with Crippen LogP contribution in [-0.2, 0) is 5.41 Å². The number of rotatable bonds is 1. The summed E-state index contributed by atoms with van der Waals surface area (Å²) in [6.45, 7) is 5.91. The Morgan fingerprint density at radius 3 is 2.25 bits per heavy atom. The van der Waals surface area contributed by atoms with Gasteiger partial charge in [-0.25, -0.2) is 4.79 Å². The van der Waals surface area contributed by atoms with Gasteiger partial charge < -0.3 is 9.52 Å². The normalized spacial score (nSPS) is 11.6. The summed E-state index contributed by atoms with van der Waals surface area (Å²) in [5.74, 6) is -0.328. The van der Waals surface area contributed by atoms with Crippen molar-refractivity contribution in [2.75, 3.05) is 0 Å². The molecule has 0 amide bonds. The van der Waals surface area contributed by atoms with Gasteiger partial charge in [0.2, 0.25) is 5.76 Å². The van der Waals surface area contributed by atoms with Gasteiger partial charge in [0.25, 0.3) is 0 Å². The molecule has 1 aromatic rings. The van der Waals surface area contributed by atoms with Crippen LogP contribution in [0.1, 0.15) is 37.1 Å². The Hall–Kier alpha value is -1.25. The molecule has 1 N–H and O–H groups in total. The Kier molecular flexibility index (Phi) is 1.96. The summed E-state index contributed by atoms with van der Waals surface area (Å²) in [6, 6.07) is 3.17. The van der Waals surface area contributed by atoms with Crippen LogP contribution >= 0.6 is 0 Å². The fraction of sp³-hybridized carbons (Fsp3) is 0.444. The molecule has 0 fully saturated rings. The SMILES string of the molecule is CC(C)(C)c1ccc(C(=O)O)o1. The zero-order chi connectivity index (χ0) is 9.35. The van der Waals surface area contributed by atoms with Gasteiger partial charge in [0, 0.05) is 5.41 Å². The van der Waals surface area contributed by atoms with E-state index in [9.17, 15) is 4.79 Å². The van der Waals surface area contributed by atoms with E-state index >= 15 is 0 Å². The maximum atomic E-state index is 10.4. The van der Waals surface area contributed by atoms with E-state index in [1.54, 1.807) is 6.07 Å². The lowest BCUT2D eigenvalue weighted by molar-refractivity contribution is 0.0658. The van der Waals surface area contributed by atoms with Crippen LogP contribution < -0.4 is 0 Å². The van der Waals surface area contributed by atoms with Gasteiger partial charge in [-0.15, -0.1) is 0 Å². The quantitative estimate of drug-likeness (QED) is 0.699. The Balaban J connectivity index is 3.00. The maximum Gasteiger partial charge on any atom is 0.371 e. The van der Waals surface area contributed by atoms with Gasteiger partial charge in [-0.05, 0) is 12.1 Å². The predicted molar refractivity (Wildman–Crippen MR) is 44.4 cm³/mol. The van der Waals surface area contributed by atoms with Crippen molar-refractivity contribution >= 4 is 5.97 Å². The van der Waals surface area contributed by atoms with E-state index in [1.165, 1.54) is 6.07 Å². The molecule has 1 aromatic heterocycles. The van der Waals surface area contributed by atoms with Gasteiger partial charge in [0.1, 0.15) is 5.76 Å². The van der Waals surface area contributed by atoms with Crippen LogP contribution in [0, 0.1) is 0 Å². The van der Waals surface area contributed by atoms with Gasteiger partial charge in [-0.1, -0.05) is 20.8 Å². The van der Waals surface area contributed by atoms with Crippen molar-refractivity contribution < 1.29 is 14.3 Å². The monoisotopic (exact) mass is 168 g/mol. The van der Waals surface area contributed by atoms with Crippen LogP contribution in [0.3, 0.4) is 0 Å². The van der Waals surface area contributed by atoms with E-state index < -0.39 is 5.97 Å². The maximum absolute atomic E-state index is 10.4. The van der Waals surface area contributed by atoms with Crippen molar-refractivity contribution in [3.63, 3.8) is 0 Å². The van der Waals surface area contributed by atoms with Gasteiger partial charge in [0.05, 0.1) is 0 Å². The molecule has 1 rings (SSSR count). The highest BCUT2D eigenvalue weighted by Crippen LogP contribution is 2.23. The molecule has 1 heterocycles. The lowest BCUT2D eigenvalue weighted by atomic mass is 9.94. The molecular weight excluding hydrogens is 156 g/mol. The first-order chi connectivity index (χ1) is 5.41. The van der Waals surface area contributed by atoms with Crippen LogP contribution in [0.25, 0.3) is 0 Å². The molecule has 0 spiro atoms. The summed E-state index contributed by atoms with van der Waals surface area (Å²) in [6.07, 6.45) is 0. The predicted octanol–water partition coefficient (Wildman–Crippen LogP) is 2.28. The Morgan fingerprint density at radius 2 is 2.00 bits per heavy atom. The van der Waals surface area contributed by atoms with E-state index in [1.807, 2.05) is 20.8 Å². The standard InChI is InChI=1S/C9H12O3/c1-9(2,3)7-5-4-6(12-7)8(10)11/h4-5H,1-3H3,(H,10,11). The number of furan rings is 1. The molecule has 12 heavy (non-hydrogen) atoms. The minimum atomic E-state index is -1.02. The van der Waals surface area contributed by atoms with E-state index in [-0.39, 0.29) is 11.2 Å². The van der Waals surface area contributed by atoms with E-state index in [4.69, 9.17) is 9.52 Å². The largest absolute Gasteiger partial charge is 0.475 e. The molecule has 0 aromatic carbocycles. The first-order valence-corrected chi connectivity index (χ1v) is 3.75. The first-order valence-electron chi connectivity index (χ1n) is 3.75. The van der Waals surface area contributed by atoms with Crippen LogP contribution in [-0.4, -0.2) is 11.1 Å². The number of hydrogen-bond donors (Lipinski definition) is 1. The highest BCUT2D eigenvalue weighted by molar-refractivity contribution is 5.84. The number of aromatic carboxylic acids is 1. The second-order valence-electron chi connectivity index (χ2n) is 3.72. The van der Waals surface area contributed by atoms with Crippen molar-refractivity contribution in [1.29, 1.82) is 0 Å². The molecule has 0 aliphatic rings. The van der Waals surface area contributed by atoms with Gasteiger partial charge >= 0.3 is 5.97 Å². The summed E-state index contributed by atoms with van der Waals surface area (Å²) in [4.78, 5) is 10.4. The Bertz CT molecular complexity index is 291. The molecule has 0 aliphatic carbocycles. The molecule has 0 unspecified atom stereocenters. The summed E-state index contributed by atoms with van der Waals surface area (Å²) >= 11 is 0. The van der Waals surface area contributed by atoms with Crippen LogP contribution in [0.4, 0.5) is 0 Å². The number of hydrogen-bond acceptors (Lipinski definition) is 2. The fourth-order valence-corrected chi connectivity index (χ4v) is 0.856. The molecule has 0 saturated carbocycles. The second kappa shape index (κ2) is 2.66. The zero-order valence-electron chi connectivity index (χ0n) is 7.42. The molecule has 3 heteroatoms. The molecular formula is C9H12O3. The minimum Gasteiger partial charge on any atom is -0.475 e. The fourth-order valence-electron chi connectivity index (χ4n) is 0.856. The van der Waals surface area contributed by atoms with Gasteiger partial charge in [-0.2, -0.15) is 0 Å². The molecule has 0 aliphatic heterocycles. The molecule has 3 nitrogen and oxygen atoms in total. The highest BCUT2D eigenvalue weighted by Gasteiger charge is 2.19. The Labute approximate surface area is 71.0 Å². The Morgan fingerprint density at radius 1 is 1.42 bits per heavy atom. The summed E-state index contributed by atoms with van der Waals surface area (Å²) < 4.78 is 5.11. The second-order valence-corrected chi connectivity index (χ2v) is 3.72.